The number of rotatable bonds is 8. The fourth-order valence-corrected chi connectivity index (χ4v) is 2.55. The average Bonchev–Trinajstić information content (AvgIpc) is 2.74. The highest BCUT2D eigenvalue weighted by Gasteiger charge is 2.76. The van der Waals surface area contributed by atoms with E-state index in [1.807, 2.05) is 5.32 Å². The molecule has 0 fully saturated rings. The van der Waals surface area contributed by atoms with Gasteiger partial charge in [-0.25, -0.2) is 18.0 Å². The topological polar surface area (TPSA) is 76.7 Å². The molecule has 0 heterocycles. The first kappa shape index (κ1) is 30.8. The van der Waals surface area contributed by atoms with Gasteiger partial charge < -0.3 is 10.1 Å². The largest absolute Gasteiger partial charge is 0.462 e. The zero-order valence-electron chi connectivity index (χ0n) is 17.6. The van der Waals surface area contributed by atoms with Gasteiger partial charge in [0.1, 0.15) is 22.9 Å². The Balaban J connectivity index is 2.09. The Morgan fingerprint density at radius 1 is 0.895 bits per heavy atom. The van der Waals surface area contributed by atoms with Crippen LogP contribution in [0.4, 0.5) is 63.2 Å². The molecule has 0 spiro atoms. The van der Waals surface area contributed by atoms with Crippen LogP contribution in [0.1, 0.15) is 10.4 Å². The number of halogens is 13. The molecule has 2 aromatic rings. The molecule has 0 aliphatic rings. The van der Waals surface area contributed by atoms with Crippen LogP contribution in [-0.2, 0) is 4.74 Å². The van der Waals surface area contributed by atoms with E-state index in [0.717, 1.165) is 6.07 Å². The van der Waals surface area contributed by atoms with Crippen LogP contribution in [0.3, 0.4) is 0 Å². The zero-order valence-corrected chi connectivity index (χ0v) is 18.3. The van der Waals surface area contributed by atoms with Gasteiger partial charge in [-0.2, -0.15) is 39.5 Å². The number of imide groups is 1. The number of carbonyl (C=O) groups is 2. The van der Waals surface area contributed by atoms with E-state index in [2.05, 4.69) is 9.47 Å². The predicted octanol–water partition coefficient (Wildman–Crippen LogP) is 6.65. The third-order valence-electron chi connectivity index (χ3n) is 4.09. The lowest BCUT2D eigenvalue weighted by atomic mass is 10.2. The number of amides is 3. The highest BCUT2D eigenvalue weighted by atomic mass is 35.5. The summed E-state index contributed by atoms with van der Waals surface area (Å²) < 4.78 is 162. The Hall–Kier alpha value is -3.41. The second-order valence-electron chi connectivity index (χ2n) is 6.84. The molecule has 1 atom stereocenters. The van der Waals surface area contributed by atoms with Crippen molar-refractivity contribution in [2.75, 3.05) is 5.32 Å². The number of benzene rings is 2. The van der Waals surface area contributed by atoms with E-state index in [9.17, 15) is 62.3 Å². The third-order valence-corrected chi connectivity index (χ3v) is 4.39. The molecule has 3 amide bonds. The number of hydrogen-bond donors (Lipinski definition) is 2. The molecule has 2 N–H and O–H groups in total. The minimum absolute atomic E-state index is 0.416. The Morgan fingerprint density at radius 3 is 1.95 bits per heavy atom. The van der Waals surface area contributed by atoms with Gasteiger partial charge in [-0.15, -0.1) is 0 Å². The summed E-state index contributed by atoms with van der Waals surface area (Å²) in [6, 6.07) is 2.56. The smallest absolute Gasteiger partial charge is 0.427 e. The molecule has 0 aliphatic heterocycles. The van der Waals surface area contributed by atoms with Crippen molar-refractivity contribution < 1.29 is 71.7 Å². The van der Waals surface area contributed by atoms with Gasteiger partial charge in [0.15, 0.2) is 0 Å². The maximum absolute atomic E-state index is 13.8. The monoisotopic (exact) mass is 592 g/mol. The number of carbonyl (C=O) groups excluding carboxylic acids is 2. The van der Waals surface area contributed by atoms with Crippen molar-refractivity contribution in [3.63, 3.8) is 0 Å². The van der Waals surface area contributed by atoms with E-state index in [-0.39, 0.29) is 0 Å². The van der Waals surface area contributed by atoms with Crippen molar-refractivity contribution in [1.29, 1.82) is 0 Å². The molecule has 38 heavy (non-hydrogen) atoms. The lowest BCUT2D eigenvalue weighted by Gasteiger charge is -2.30. The van der Waals surface area contributed by atoms with E-state index in [1.165, 1.54) is 5.32 Å². The summed E-state index contributed by atoms with van der Waals surface area (Å²) in [6.45, 7) is 0. The van der Waals surface area contributed by atoms with E-state index in [0.29, 0.717) is 30.3 Å². The summed E-state index contributed by atoms with van der Waals surface area (Å²) in [5, 5.41) is 2.43. The summed E-state index contributed by atoms with van der Waals surface area (Å²) in [4.78, 5) is 23.7. The lowest BCUT2D eigenvalue weighted by molar-refractivity contribution is -0.460. The minimum Gasteiger partial charge on any atom is -0.427 e. The fraction of sp³-hybridized carbons (Fsp3) is 0.263. The lowest BCUT2D eigenvalue weighted by Crippen LogP contribution is -2.56. The van der Waals surface area contributed by atoms with Crippen molar-refractivity contribution in [3.05, 3.63) is 58.6 Å². The number of alkyl halides is 10. The van der Waals surface area contributed by atoms with Crippen LogP contribution in [0, 0.1) is 11.6 Å². The van der Waals surface area contributed by atoms with Crippen molar-refractivity contribution >= 4 is 29.2 Å². The number of hydrogen-bond acceptors (Lipinski definition) is 4. The van der Waals surface area contributed by atoms with Crippen molar-refractivity contribution in [3.8, 4) is 5.75 Å². The van der Waals surface area contributed by atoms with Gasteiger partial charge in [-0.1, -0.05) is 17.7 Å². The van der Waals surface area contributed by atoms with Crippen molar-refractivity contribution in [2.24, 2.45) is 0 Å². The predicted molar refractivity (Wildman–Crippen MR) is 102 cm³/mol. The van der Waals surface area contributed by atoms with Crippen LogP contribution >= 0.6 is 11.6 Å². The Kier molecular flexibility index (Phi) is 8.72. The molecule has 2 aromatic carbocycles. The fourth-order valence-electron chi connectivity index (χ4n) is 2.33. The zero-order chi connectivity index (χ0) is 29.3. The Labute approximate surface area is 207 Å². The summed E-state index contributed by atoms with van der Waals surface area (Å²) in [5.74, 6) is -12.5. The van der Waals surface area contributed by atoms with Crippen molar-refractivity contribution in [1.82, 2.24) is 5.32 Å². The molecule has 0 aromatic heterocycles. The molecule has 210 valence electrons. The maximum Gasteiger partial charge on any atom is 0.462 e. The first-order valence-electron chi connectivity index (χ1n) is 9.26. The number of anilines is 1. The van der Waals surface area contributed by atoms with E-state index in [4.69, 9.17) is 11.6 Å². The summed E-state index contributed by atoms with van der Waals surface area (Å²) >= 11 is 5.56. The van der Waals surface area contributed by atoms with Gasteiger partial charge in [0.25, 0.3) is 5.91 Å². The van der Waals surface area contributed by atoms with Gasteiger partial charge in [0.05, 0.1) is 5.02 Å². The molecule has 0 radical (unpaired) electrons. The second kappa shape index (κ2) is 10.8. The quantitative estimate of drug-likeness (QED) is 0.337. The standard InChI is InChI=1S/C19H9ClF12N2O4/c20-8-6-7(33-15(36)34-13(35)12-9(21)2-1-3-10(12)22)4-5-11(8)37-16(24,25)14(23)38-19(31,32)17(26,27)18(28,29)30/h1-6,14H,(H2,33,34,35,36). The van der Waals surface area contributed by atoms with Gasteiger partial charge in [-0.05, 0) is 30.3 Å². The first-order chi connectivity index (χ1) is 17.2. The minimum atomic E-state index is -7.06. The Bertz CT molecular complexity index is 1190. The van der Waals surface area contributed by atoms with Crippen LogP contribution in [0.5, 0.6) is 5.75 Å². The van der Waals surface area contributed by atoms with Crippen LogP contribution in [0.2, 0.25) is 5.02 Å². The van der Waals surface area contributed by atoms with Crippen LogP contribution < -0.4 is 15.4 Å². The highest BCUT2D eigenvalue weighted by molar-refractivity contribution is 6.32. The normalized spacial score (nSPS) is 13.6. The molecule has 0 saturated carbocycles. The Morgan fingerprint density at radius 2 is 1.45 bits per heavy atom. The van der Waals surface area contributed by atoms with Gasteiger partial charge >= 0.3 is 36.7 Å². The molecule has 0 bridgehead atoms. The summed E-state index contributed by atoms with van der Waals surface area (Å²) in [7, 11) is 0. The average molecular weight is 593 g/mol. The van der Waals surface area contributed by atoms with Crippen molar-refractivity contribution in [2.45, 2.75) is 30.7 Å². The van der Waals surface area contributed by atoms with E-state index >= 15 is 0 Å². The second-order valence-corrected chi connectivity index (χ2v) is 7.24. The van der Waals surface area contributed by atoms with Gasteiger partial charge in [0.2, 0.25) is 0 Å². The molecular weight excluding hydrogens is 584 g/mol. The maximum atomic E-state index is 13.8. The van der Waals surface area contributed by atoms with Crippen LogP contribution in [0.15, 0.2) is 36.4 Å². The SMILES string of the molecule is O=C(NC(=O)c1c(F)cccc1F)Nc1ccc(OC(F)(F)C(F)OC(F)(F)C(F)(F)C(F)(F)F)c(Cl)c1. The van der Waals surface area contributed by atoms with Gasteiger partial charge in [-0.3, -0.25) is 14.8 Å². The van der Waals surface area contributed by atoms with Crippen LogP contribution in [-0.4, -0.2) is 42.6 Å². The molecule has 2 rings (SSSR count). The van der Waals surface area contributed by atoms with E-state index in [1.54, 1.807) is 0 Å². The third kappa shape index (κ3) is 6.72. The molecule has 19 heteroatoms. The first-order valence-corrected chi connectivity index (χ1v) is 9.64. The highest BCUT2D eigenvalue weighted by Crippen LogP contribution is 2.48. The molecule has 6 nitrogen and oxygen atoms in total. The van der Waals surface area contributed by atoms with E-state index < -0.39 is 76.3 Å². The molecular formula is C19H9ClF12N2O4. The van der Waals surface area contributed by atoms with Crippen LogP contribution in [0.25, 0.3) is 0 Å². The molecule has 1 unspecified atom stereocenters. The summed E-state index contributed by atoms with van der Waals surface area (Å²) in [6.07, 6.45) is -24.3. The van der Waals surface area contributed by atoms with Gasteiger partial charge in [0, 0.05) is 5.69 Å². The number of nitrogens with one attached hydrogen (secondary N) is 2. The number of ether oxygens (including phenoxy) is 2. The molecule has 0 aliphatic carbocycles. The summed E-state index contributed by atoms with van der Waals surface area (Å²) in [5.41, 5.74) is -1.57. The molecule has 0 saturated heterocycles. The number of urea groups is 1.